The first-order valence-corrected chi connectivity index (χ1v) is 11.3. The first kappa shape index (κ1) is 22.7. The van der Waals surface area contributed by atoms with Crippen LogP contribution in [0.5, 0.6) is 17.2 Å². The van der Waals surface area contributed by atoms with E-state index < -0.39 is 0 Å². The molecule has 0 saturated carbocycles. The van der Waals surface area contributed by atoms with E-state index in [1.165, 1.54) is 18.4 Å². The molecule has 7 heteroatoms. The van der Waals surface area contributed by atoms with Crippen molar-refractivity contribution in [1.29, 1.82) is 0 Å². The van der Waals surface area contributed by atoms with Gasteiger partial charge in [0.2, 0.25) is 12.7 Å². The van der Waals surface area contributed by atoms with Crippen molar-refractivity contribution in [3.05, 3.63) is 53.6 Å². The number of piperidine rings is 1. The van der Waals surface area contributed by atoms with Gasteiger partial charge < -0.3 is 19.1 Å². The molecule has 6 nitrogen and oxygen atoms in total. The highest BCUT2D eigenvalue weighted by molar-refractivity contribution is 5.85. The molecule has 3 aliphatic heterocycles. The second-order valence-electron chi connectivity index (χ2n) is 8.71. The number of para-hydroxylation sites is 1. The Morgan fingerprint density at radius 2 is 1.81 bits per heavy atom. The molecule has 32 heavy (non-hydrogen) atoms. The van der Waals surface area contributed by atoms with E-state index in [2.05, 4.69) is 15.9 Å². The fourth-order valence-corrected chi connectivity index (χ4v) is 4.90. The third-order valence-corrected chi connectivity index (χ3v) is 6.54. The van der Waals surface area contributed by atoms with Crippen molar-refractivity contribution in [2.24, 2.45) is 5.92 Å². The number of ether oxygens (including phenoxy) is 3. The summed E-state index contributed by atoms with van der Waals surface area (Å²) in [6, 6.07) is 14.0. The molecular formula is C25H31ClN2O4. The van der Waals surface area contributed by atoms with E-state index in [-0.39, 0.29) is 25.1 Å². The van der Waals surface area contributed by atoms with Gasteiger partial charge in [0.05, 0.1) is 6.42 Å². The quantitative estimate of drug-likeness (QED) is 0.662. The van der Waals surface area contributed by atoms with Gasteiger partial charge in [-0.1, -0.05) is 18.2 Å². The SMILES string of the molecule is Cl.O=C1Cc2cc3c(cc2CCN1CC1CCCN(CCOc2ccccc2)C1)OCO3. The number of nitrogens with zero attached hydrogens (tertiary/aromatic N) is 2. The lowest BCUT2D eigenvalue weighted by atomic mass is 9.97. The number of carbonyl (C=O) groups is 1. The van der Waals surface area contributed by atoms with Crippen molar-refractivity contribution >= 4 is 18.3 Å². The molecule has 1 amide bonds. The summed E-state index contributed by atoms with van der Waals surface area (Å²) in [6.07, 6.45) is 3.69. The standard InChI is InChI=1S/C25H30N2O4.ClH/c28-25-15-21-14-24-23(30-18-31-24)13-20(21)8-10-27(25)17-19-5-4-9-26(16-19)11-12-29-22-6-2-1-3-7-22;/h1-3,6-7,13-14,19H,4-5,8-12,15-18H2;1H. The van der Waals surface area contributed by atoms with E-state index >= 15 is 0 Å². The minimum absolute atomic E-state index is 0. The summed E-state index contributed by atoms with van der Waals surface area (Å²) in [5.74, 6) is 3.24. The number of hydrogen-bond acceptors (Lipinski definition) is 5. The van der Waals surface area contributed by atoms with Crippen LogP contribution < -0.4 is 14.2 Å². The van der Waals surface area contributed by atoms with Crippen molar-refractivity contribution in [1.82, 2.24) is 9.80 Å². The van der Waals surface area contributed by atoms with Gasteiger partial charge in [0.1, 0.15) is 12.4 Å². The van der Waals surface area contributed by atoms with E-state index in [9.17, 15) is 4.79 Å². The number of hydrogen-bond donors (Lipinski definition) is 0. The molecule has 3 heterocycles. The lowest BCUT2D eigenvalue weighted by Crippen LogP contribution is -2.44. The molecule has 3 aliphatic rings. The molecule has 0 N–H and O–H groups in total. The monoisotopic (exact) mass is 458 g/mol. The van der Waals surface area contributed by atoms with Gasteiger partial charge >= 0.3 is 0 Å². The Morgan fingerprint density at radius 1 is 1.03 bits per heavy atom. The van der Waals surface area contributed by atoms with E-state index in [0.717, 1.165) is 62.0 Å². The molecule has 0 bridgehead atoms. The molecule has 2 aromatic carbocycles. The van der Waals surface area contributed by atoms with Crippen LogP contribution in [0, 0.1) is 5.92 Å². The van der Waals surface area contributed by atoms with Gasteiger partial charge in [-0.15, -0.1) is 12.4 Å². The summed E-state index contributed by atoms with van der Waals surface area (Å²) in [5, 5.41) is 0. The van der Waals surface area contributed by atoms with Gasteiger partial charge in [-0.05, 0) is 67.1 Å². The van der Waals surface area contributed by atoms with Gasteiger partial charge in [0.25, 0.3) is 0 Å². The van der Waals surface area contributed by atoms with E-state index in [0.29, 0.717) is 18.9 Å². The van der Waals surface area contributed by atoms with Crippen molar-refractivity contribution in [3.8, 4) is 17.2 Å². The highest BCUT2D eigenvalue weighted by Gasteiger charge is 2.28. The molecule has 1 fully saturated rings. The first-order chi connectivity index (χ1) is 15.2. The fraction of sp³-hybridized carbons (Fsp3) is 0.480. The molecule has 1 saturated heterocycles. The predicted molar refractivity (Wildman–Crippen MR) is 125 cm³/mol. The molecule has 172 valence electrons. The van der Waals surface area contributed by atoms with E-state index in [1.54, 1.807) is 0 Å². The molecule has 0 aromatic heterocycles. The smallest absolute Gasteiger partial charge is 0.231 e. The van der Waals surface area contributed by atoms with Crippen LogP contribution in [0.15, 0.2) is 42.5 Å². The number of rotatable bonds is 6. The zero-order chi connectivity index (χ0) is 21.0. The van der Waals surface area contributed by atoms with E-state index in [1.807, 2.05) is 36.4 Å². The average Bonchev–Trinajstić information content (AvgIpc) is 3.18. The Kier molecular flexibility index (Phi) is 7.43. The Morgan fingerprint density at radius 3 is 2.62 bits per heavy atom. The summed E-state index contributed by atoms with van der Waals surface area (Å²) in [5.41, 5.74) is 2.29. The highest BCUT2D eigenvalue weighted by Crippen LogP contribution is 2.36. The van der Waals surface area contributed by atoms with Gasteiger partial charge in [0.15, 0.2) is 11.5 Å². The second kappa shape index (κ2) is 10.5. The highest BCUT2D eigenvalue weighted by atomic mass is 35.5. The molecular weight excluding hydrogens is 428 g/mol. The normalized spacial score (nSPS) is 20.3. The van der Waals surface area contributed by atoms with Gasteiger partial charge in [0, 0.05) is 26.2 Å². The van der Waals surface area contributed by atoms with Crippen LogP contribution in [0.2, 0.25) is 0 Å². The second-order valence-corrected chi connectivity index (χ2v) is 8.71. The van der Waals surface area contributed by atoms with Crippen LogP contribution >= 0.6 is 12.4 Å². The maximum Gasteiger partial charge on any atom is 0.231 e. The Labute approximate surface area is 195 Å². The summed E-state index contributed by atoms with van der Waals surface area (Å²) < 4.78 is 16.9. The maximum absolute atomic E-state index is 13.0. The summed E-state index contributed by atoms with van der Waals surface area (Å²) in [4.78, 5) is 17.5. The van der Waals surface area contributed by atoms with Crippen molar-refractivity contribution in [2.45, 2.75) is 25.7 Å². The van der Waals surface area contributed by atoms with E-state index in [4.69, 9.17) is 14.2 Å². The molecule has 0 aliphatic carbocycles. The molecule has 1 unspecified atom stereocenters. The number of likely N-dealkylation sites (tertiary alicyclic amines) is 1. The first-order valence-electron chi connectivity index (χ1n) is 11.3. The minimum atomic E-state index is 0. The molecule has 0 radical (unpaired) electrons. The number of fused-ring (bicyclic) bond motifs is 2. The predicted octanol–water partition coefficient (Wildman–Crippen LogP) is 3.56. The Bertz CT molecular complexity index is 924. The van der Waals surface area contributed by atoms with Crippen LogP contribution in [-0.4, -0.2) is 61.8 Å². The van der Waals surface area contributed by atoms with Crippen molar-refractivity contribution in [2.75, 3.05) is 46.1 Å². The fourth-order valence-electron chi connectivity index (χ4n) is 4.90. The molecule has 0 spiro atoms. The van der Waals surface area contributed by atoms with Crippen molar-refractivity contribution in [3.63, 3.8) is 0 Å². The largest absolute Gasteiger partial charge is 0.492 e. The zero-order valence-corrected chi connectivity index (χ0v) is 19.1. The molecule has 5 rings (SSSR count). The summed E-state index contributed by atoms with van der Waals surface area (Å²) in [7, 11) is 0. The average molecular weight is 459 g/mol. The van der Waals surface area contributed by atoms with Gasteiger partial charge in [-0.3, -0.25) is 9.69 Å². The van der Waals surface area contributed by atoms with Gasteiger partial charge in [-0.25, -0.2) is 0 Å². The zero-order valence-electron chi connectivity index (χ0n) is 18.3. The van der Waals surface area contributed by atoms with Crippen LogP contribution in [0.3, 0.4) is 0 Å². The maximum atomic E-state index is 13.0. The number of halogens is 1. The summed E-state index contributed by atoms with van der Waals surface area (Å²) >= 11 is 0. The molecule has 2 aromatic rings. The topological polar surface area (TPSA) is 51.2 Å². The number of carbonyl (C=O) groups excluding carboxylic acids is 1. The lowest BCUT2D eigenvalue weighted by Gasteiger charge is -2.35. The third kappa shape index (κ3) is 5.30. The van der Waals surface area contributed by atoms with Crippen LogP contribution in [0.1, 0.15) is 24.0 Å². The Hall–Kier alpha value is -2.44. The molecule has 1 atom stereocenters. The Balaban J connectivity index is 0.00000245. The van der Waals surface area contributed by atoms with Crippen LogP contribution in [0.25, 0.3) is 0 Å². The third-order valence-electron chi connectivity index (χ3n) is 6.54. The van der Waals surface area contributed by atoms with Crippen molar-refractivity contribution < 1.29 is 19.0 Å². The lowest BCUT2D eigenvalue weighted by molar-refractivity contribution is -0.131. The van der Waals surface area contributed by atoms with Crippen LogP contribution in [-0.2, 0) is 17.6 Å². The number of amides is 1. The summed E-state index contributed by atoms with van der Waals surface area (Å²) in [6.45, 7) is 5.66. The minimum Gasteiger partial charge on any atom is -0.492 e. The van der Waals surface area contributed by atoms with Crippen LogP contribution in [0.4, 0.5) is 0 Å². The number of benzene rings is 2. The van der Waals surface area contributed by atoms with Gasteiger partial charge in [-0.2, -0.15) is 0 Å².